The van der Waals surface area contributed by atoms with E-state index in [1.54, 1.807) is 7.11 Å². The van der Waals surface area contributed by atoms with Crippen LogP contribution < -0.4 is 5.32 Å². The maximum Gasteiger partial charge on any atom is 0.271 e. The lowest BCUT2D eigenvalue weighted by Crippen LogP contribution is -2.38. The quantitative estimate of drug-likeness (QED) is 0.586. The van der Waals surface area contributed by atoms with Crippen LogP contribution in [0.4, 0.5) is 0 Å². The van der Waals surface area contributed by atoms with Crippen molar-refractivity contribution < 1.29 is 9.53 Å². The third kappa shape index (κ3) is 4.61. The van der Waals surface area contributed by atoms with Gasteiger partial charge in [0.25, 0.3) is 5.91 Å². The van der Waals surface area contributed by atoms with Gasteiger partial charge in [0.2, 0.25) is 0 Å². The zero-order chi connectivity index (χ0) is 20.8. The number of carbonyl (C=O) groups is 1. The molecule has 1 unspecified atom stereocenters. The summed E-state index contributed by atoms with van der Waals surface area (Å²) in [4.78, 5) is 19.8. The fraction of sp³-hybridized carbons (Fsp3) is 0.333. The Hall–Kier alpha value is -2.96. The highest BCUT2D eigenvalue weighted by Crippen LogP contribution is 2.32. The predicted octanol–water partition coefficient (Wildman–Crippen LogP) is 3.25. The van der Waals surface area contributed by atoms with E-state index in [1.165, 1.54) is 11.1 Å². The van der Waals surface area contributed by atoms with Gasteiger partial charge in [-0.05, 0) is 17.5 Å². The summed E-state index contributed by atoms with van der Waals surface area (Å²) in [5.41, 5.74) is 2.94. The first kappa shape index (κ1) is 20.3. The Bertz CT molecular complexity index is 956. The summed E-state index contributed by atoms with van der Waals surface area (Å²) in [6.07, 6.45) is 2.67. The van der Waals surface area contributed by atoms with E-state index in [0.717, 1.165) is 31.9 Å². The molecule has 1 aliphatic heterocycles. The number of carbonyl (C=O) groups excluding carboxylic acids is 1. The van der Waals surface area contributed by atoms with Crippen LogP contribution in [0.5, 0.6) is 0 Å². The third-order valence-electron chi connectivity index (χ3n) is 5.43. The van der Waals surface area contributed by atoms with Crippen molar-refractivity contribution >= 4 is 5.91 Å². The summed E-state index contributed by atoms with van der Waals surface area (Å²) in [6.45, 7) is 3.76. The molecule has 0 saturated heterocycles. The van der Waals surface area contributed by atoms with Crippen LogP contribution in [0.15, 0.2) is 66.9 Å². The van der Waals surface area contributed by atoms with E-state index in [-0.39, 0.29) is 11.9 Å². The van der Waals surface area contributed by atoms with E-state index >= 15 is 0 Å². The normalized spacial score (nSPS) is 16.2. The minimum Gasteiger partial charge on any atom is -0.385 e. The summed E-state index contributed by atoms with van der Waals surface area (Å²) >= 11 is 0. The van der Waals surface area contributed by atoms with Crippen LogP contribution >= 0.6 is 0 Å². The molecule has 1 aromatic heterocycles. The first-order valence-electron chi connectivity index (χ1n) is 10.4. The lowest BCUT2D eigenvalue weighted by atomic mass is 10.0. The molecular weight excluding hydrogens is 376 g/mol. The highest BCUT2D eigenvalue weighted by Gasteiger charge is 2.32. The maximum absolute atomic E-state index is 12.6. The number of ether oxygens (including phenoxy) is 1. The van der Waals surface area contributed by atoms with Crippen LogP contribution in [-0.2, 0) is 17.8 Å². The number of nitrogens with one attached hydrogen (secondary N) is 1. The van der Waals surface area contributed by atoms with Gasteiger partial charge in [-0.25, -0.2) is 4.98 Å². The largest absolute Gasteiger partial charge is 0.385 e. The number of hydrogen-bond acceptors (Lipinski definition) is 4. The molecule has 2 heterocycles. The van der Waals surface area contributed by atoms with E-state index in [9.17, 15) is 4.79 Å². The summed E-state index contributed by atoms with van der Waals surface area (Å²) in [6, 6.07) is 20.9. The molecule has 0 aliphatic carbocycles. The van der Waals surface area contributed by atoms with Crippen LogP contribution in [0, 0.1) is 0 Å². The average molecular weight is 405 g/mol. The van der Waals surface area contributed by atoms with Gasteiger partial charge >= 0.3 is 0 Å². The monoisotopic (exact) mass is 404 g/mol. The van der Waals surface area contributed by atoms with E-state index in [1.807, 2.05) is 18.3 Å². The van der Waals surface area contributed by atoms with Crippen molar-refractivity contribution in [3.05, 3.63) is 89.5 Å². The molecule has 1 N–H and O–H groups in total. The number of hydrogen-bond donors (Lipinski definition) is 1. The molecule has 1 amide bonds. The number of aromatic nitrogens is 2. The molecule has 1 atom stereocenters. The summed E-state index contributed by atoms with van der Waals surface area (Å²) < 4.78 is 7.17. The van der Waals surface area contributed by atoms with Gasteiger partial charge < -0.3 is 14.6 Å². The molecule has 1 aliphatic rings. The zero-order valence-electron chi connectivity index (χ0n) is 17.3. The number of fused-ring (bicyclic) bond motifs is 1. The van der Waals surface area contributed by atoms with Gasteiger partial charge in [-0.15, -0.1) is 0 Å². The summed E-state index contributed by atoms with van der Waals surface area (Å²) in [5, 5.41) is 2.94. The Balaban J connectivity index is 1.59. The van der Waals surface area contributed by atoms with Gasteiger partial charge in [-0.1, -0.05) is 60.7 Å². The van der Waals surface area contributed by atoms with Crippen molar-refractivity contribution in [1.82, 2.24) is 19.8 Å². The van der Waals surface area contributed by atoms with Crippen LogP contribution in [0.25, 0.3) is 0 Å². The van der Waals surface area contributed by atoms with Crippen LogP contribution in [-0.4, -0.2) is 47.2 Å². The lowest BCUT2D eigenvalue weighted by molar-refractivity contribution is 0.0943. The van der Waals surface area contributed by atoms with Gasteiger partial charge in [-0.2, -0.15) is 0 Å². The molecule has 0 spiro atoms. The van der Waals surface area contributed by atoms with E-state index in [2.05, 4.69) is 63.3 Å². The molecule has 30 heavy (non-hydrogen) atoms. The summed E-state index contributed by atoms with van der Waals surface area (Å²) in [5.74, 6) is 0.792. The Kier molecular flexibility index (Phi) is 6.57. The number of nitrogens with zero attached hydrogens (tertiary/aromatic N) is 3. The van der Waals surface area contributed by atoms with Gasteiger partial charge in [0.15, 0.2) is 0 Å². The number of methoxy groups -OCH3 is 1. The van der Waals surface area contributed by atoms with Crippen molar-refractivity contribution in [2.75, 3.05) is 26.8 Å². The van der Waals surface area contributed by atoms with Crippen molar-refractivity contribution in [3.8, 4) is 0 Å². The second-order valence-corrected chi connectivity index (χ2v) is 7.55. The molecule has 0 fully saturated rings. The molecule has 0 bridgehead atoms. The van der Waals surface area contributed by atoms with Crippen LogP contribution in [0.2, 0.25) is 0 Å². The lowest BCUT2D eigenvalue weighted by Gasteiger charge is -2.36. The van der Waals surface area contributed by atoms with E-state index in [0.29, 0.717) is 18.8 Å². The number of imidazole rings is 1. The smallest absolute Gasteiger partial charge is 0.271 e. The van der Waals surface area contributed by atoms with Gasteiger partial charge in [0, 0.05) is 46.1 Å². The highest BCUT2D eigenvalue weighted by molar-refractivity contribution is 5.92. The third-order valence-corrected chi connectivity index (χ3v) is 5.43. The molecule has 4 rings (SSSR count). The van der Waals surface area contributed by atoms with E-state index < -0.39 is 0 Å². The SMILES string of the molecule is COCCCNC(=O)c1cn2c(n1)C(c1ccccc1)N(Cc1ccccc1)CC2. The van der Waals surface area contributed by atoms with E-state index in [4.69, 9.17) is 9.72 Å². The number of amides is 1. The standard InChI is InChI=1S/C24H28N4O2/c1-30-16-8-13-25-24(29)21-18-28-15-14-27(17-19-9-4-2-5-10-19)22(23(28)26-21)20-11-6-3-7-12-20/h2-7,9-12,18,22H,8,13-17H2,1H3,(H,25,29). The van der Waals surface area contributed by atoms with Gasteiger partial charge in [0.05, 0.1) is 6.04 Å². The Morgan fingerprint density at radius 1 is 1.10 bits per heavy atom. The second kappa shape index (κ2) is 9.69. The van der Waals surface area contributed by atoms with Crippen molar-refractivity contribution in [2.24, 2.45) is 0 Å². The number of rotatable bonds is 8. The fourth-order valence-electron chi connectivity index (χ4n) is 3.96. The van der Waals surface area contributed by atoms with Crippen LogP contribution in [0.3, 0.4) is 0 Å². The molecule has 0 radical (unpaired) electrons. The van der Waals surface area contributed by atoms with Gasteiger partial charge in [-0.3, -0.25) is 9.69 Å². The first-order valence-corrected chi connectivity index (χ1v) is 10.4. The fourth-order valence-corrected chi connectivity index (χ4v) is 3.96. The Labute approximate surface area is 177 Å². The molecule has 6 heteroatoms. The molecular formula is C24H28N4O2. The van der Waals surface area contributed by atoms with Crippen molar-refractivity contribution in [2.45, 2.75) is 25.6 Å². The topological polar surface area (TPSA) is 59.4 Å². The molecule has 2 aromatic carbocycles. The summed E-state index contributed by atoms with van der Waals surface area (Å²) in [7, 11) is 1.66. The van der Waals surface area contributed by atoms with Crippen LogP contribution in [0.1, 0.15) is 39.9 Å². The Morgan fingerprint density at radius 2 is 1.83 bits per heavy atom. The van der Waals surface area contributed by atoms with Crippen molar-refractivity contribution in [3.63, 3.8) is 0 Å². The second-order valence-electron chi connectivity index (χ2n) is 7.55. The molecule has 3 aromatic rings. The molecule has 0 saturated carbocycles. The molecule has 156 valence electrons. The number of benzene rings is 2. The zero-order valence-corrected chi connectivity index (χ0v) is 17.3. The minimum atomic E-state index is -0.130. The van der Waals surface area contributed by atoms with Crippen molar-refractivity contribution in [1.29, 1.82) is 0 Å². The maximum atomic E-state index is 12.6. The first-order chi connectivity index (χ1) is 14.8. The average Bonchev–Trinajstić information content (AvgIpc) is 3.22. The predicted molar refractivity (Wildman–Crippen MR) is 116 cm³/mol. The minimum absolute atomic E-state index is 0.00944. The molecule has 6 nitrogen and oxygen atoms in total. The van der Waals surface area contributed by atoms with Gasteiger partial charge in [0.1, 0.15) is 11.5 Å². The Morgan fingerprint density at radius 3 is 2.57 bits per heavy atom. The highest BCUT2D eigenvalue weighted by atomic mass is 16.5.